The predicted octanol–water partition coefficient (Wildman–Crippen LogP) is 5.49. The van der Waals surface area contributed by atoms with E-state index in [0.717, 1.165) is 22.7 Å². The van der Waals surface area contributed by atoms with Gasteiger partial charge in [-0.1, -0.05) is 6.07 Å². The Hall–Kier alpha value is -2.04. The Bertz CT molecular complexity index is 1070. The topological polar surface area (TPSA) is 57.4 Å². The van der Waals surface area contributed by atoms with Crippen LogP contribution in [0.15, 0.2) is 29.8 Å². The van der Waals surface area contributed by atoms with Gasteiger partial charge in [-0.05, 0) is 29.7 Å². The van der Waals surface area contributed by atoms with Gasteiger partial charge in [0.05, 0.1) is 20.7 Å². The lowest BCUT2D eigenvalue weighted by atomic mass is 10.1. The number of nitrogens with zero attached hydrogens (tertiary/aromatic N) is 2. The van der Waals surface area contributed by atoms with Crippen molar-refractivity contribution in [3.8, 4) is 21.1 Å². The molecule has 4 aromatic rings. The monoisotopic (exact) mass is 384 g/mol. The van der Waals surface area contributed by atoms with E-state index in [1.807, 2.05) is 17.5 Å². The number of thiophene rings is 2. The molecule has 0 aromatic carbocycles. The van der Waals surface area contributed by atoms with Crippen LogP contribution < -0.4 is 0 Å². The van der Waals surface area contributed by atoms with Crippen molar-refractivity contribution in [2.24, 2.45) is 0 Å². The first-order valence-electron chi connectivity index (χ1n) is 6.62. The van der Waals surface area contributed by atoms with Crippen molar-refractivity contribution >= 4 is 45.1 Å². The molecule has 0 aliphatic heterocycles. The summed E-state index contributed by atoms with van der Waals surface area (Å²) in [7, 11) is 0. The van der Waals surface area contributed by atoms with Crippen molar-refractivity contribution in [2.45, 2.75) is 6.18 Å². The van der Waals surface area contributed by atoms with Gasteiger partial charge in [0.1, 0.15) is 0 Å². The molecule has 4 aromatic heterocycles. The van der Waals surface area contributed by atoms with Crippen LogP contribution in [0.25, 0.3) is 31.4 Å². The van der Waals surface area contributed by atoms with Gasteiger partial charge in [0.15, 0.2) is 5.82 Å². The first-order chi connectivity index (χ1) is 11.4. The van der Waals surface area contributed by atoms with E-state index in [4.69, 9.17) is 12.2 Å². The highest BCUT2D eigenvalue weighted by Gasteiger charge is 2.32. The molecular formula is C14H7F3N4S3. The third-order valence-corrected chi connectivity index (χ3v) is 5.55. The molecule has 0 saturated heterocycles. The minimum atomic E-state index is -4.43. The summed E-state index contributed by atoms with van der Waals surface area (Å²) in [5.74, 6) is 0.486. The summed E-state index contributed by atoms with van der Waals surface area (Å²) in [4.78, 5) is 9.87. The van der Waals surface area contributed by atoms with Crippen molar-refractivity contribution in [3.05, 3.63) is 40.1 Å². The second kappa shape index (κ2) is 5.50. The van der Waals surface area contributed by atoms with Crippen LogP contribution in [-0.4, -0.2) is 20.2 Å². The summed E-state index contributed by atoms with van der Waals surface area (Å²) in [6, 6.07) is 4.90. The van der Waals surface area contributed by atoms with Crippen LogP contribution in [0.4, 0.5) is 13.2 Å². The number of fused-ring (bicyclic) bond motifs is 1. The van der Waals surface area contributed by atoms with Gasteiger partial charge in [-0.3, -0.25) is 15.2 Å². The van der Waals surface area contributed by atoms with E-state index in [1.165, 1.54) is 22.7 Å². The molecule has 0 aliphatic rings. The second-order valence-corrected chi connectivity index (χ2v) is 7.25. The Balaban J connectivity index is 2.03. The summed E-state index contributed by atoms with van der Waals surface area (Å²) in [5, 5.41) is 7.46. The quantitative estimate of drug-likeness (QED) is 0.449. The minimum Gasteiger partial charge on any atom is -0.281 e. The number of pyridine rings is 1. The highest BCUT2D eigenvalue weighted by atomic mass is 32.1. The van der Waals surface area contributed by atoms with E-state index < -0.39 is 11.7 Å². The lowest BCUT2D eigenvalue weighted by Gasteiger charge is -2.05. The third-order valence-electron chi connectivity index (χ3n) is 3.34. The number of halogens is 3. The Morgan fingerprint density at radius 1 is 1.21 bits per heavy atom. The van der Waals surface area contributed by atoms with Crippen LogP contribution in [0.2, 0.25) is 0 Å². The highest BCUT2D eigenvalue weighted by Crippen LogP contribution is 2.45. The van der Waals surface area contributed by atoms with Gasteiger partial charge in [-0.15, -0.1) is 22.7 Å². The molecule has 0 unspecified atom stereocenters. The number of alkyl halides is 3. The molecule has 0 saturated carbocycles. The zero-order valence-electron chi connectivity index (χ0n) is 11.6. The van der Waals surface area contributed by atoms with Crippen LogP contribution in [0.3, 0.4) is 0 Å². The molecule has 4 heterocycles. The smallest absolute Gasteiger partial charge is 0.281 e. The van der Waals surface area contributed by atoms with E-state index in [-0.39, 0.29) is 4.77 Å². The fourth-order valence-corrected chi connectivity index (χ4v) is 4.47. The first kappa shape index (κ1) is 15.5. The molecule has 4 rings (SSSR count). The normalized spacial score (nSPS) is 12.1. The van der Waals surface area contributed by atoms with Crippen LogP contribution in [0, 0.1) is 4.77 Å². The van der Waals surface area contributed by atoms with Gasteiger partial charge in [0.25, 0.3) is 0 Å². The molecule has 0 radical (unpaired) electrons. The van der Waals surface area contributed by atoms with Gasteiger partial charge >= 0.3 is 6.18 Å². The van der Waals surface area contributed by atoms with Crippen molar-refractivity contribution in [1.82, 2.24) is 20.2 Å². The molecular weight excluding hydrogens is 377 g/mol. The Morgan fingerprint density at radius 2 is 2.04 bits per heavy atom. The molecule has 2 N–H and O–H groups in total. The number of aromatic nitrogens is 4. The van der Waals surface area contributed by atoms with Gasteiger partial charge < -0.3 is 0 Å². The summed E-state index contributed by atoms with van der Waals surface area (Å²) in [5.41, 5.74) is 0.514. The molecule has 4 nitrogen and oxygen atoms in total. The maximum absolute atomic E-state index is 13.0. The summed E-state index contributed by atoms with van der Waals surface area (Å²) >= 11 is 7.66. The Labute approximate surface area is 146 Å². The number of aromatic amines is 2. The maximum atomic E-state index is 13.0. The molecule has 24 heavy (non-hydrogen) atoms. The Kier molecular flexibility index (Phi) is 3.55. The van der Waals surface area contributed by atoms with Crippen molar-refractivity contribution < 1.29 is 13.2 Å². The average molecular weight is 384 g/mol. The van der Waals surface area contributed by atoms with Gasteiger partial charge in [0.2, 0.25) is 4.77 Å². The average Bonchev–Trinajstić information content (AvgIpc) is 3.23. The van der Waals surface area contributed by atoms with E-state index in [0.29, 0.717) is 20.9 Å². The zero-order valence-corrected chi connectivity index (χ0v) is 14.1. The van der Waals surface area contributed by atoms with Gasteiger partial charge in [-0.2, -0.15) is 18.2 Å². The van der Waals surface area contributed by atoms with Crippen molar-refractivity contribution in [2.75, 3.05) is 0 Å². The molecule has 0 atom stereocenters. The lowest BCUT2D eigenvalue weighted by molar-refractivity contribution is -0.137. The van der Waals surface area contributed by atoms with Crippen LogP contribution in [-0.2, 0) is 6.18 Å². The minimum absolute atomic E-state index is 0.281. The van der Waals surface area contributed by atoms with Crippen LogP contribution >= 0.6 is 34.9 Å². The van der Waals surface area contributed by atoms with E-state index in [2.05, 4.69) is 20.2 Å². The number of rotatable bonds is 2. The van der Waals surface area contributed by atoms with Crippen LogP contribution in [0.5, 0.6) is 0 Å². The van der Waals surface area contributed by atoms with E-state index in [1.54, 1.807) is 0 Å². The number of hydrogen-bond donors (Lipinski definition) is 2. The highest BCUT2D eigenvalue weighted by molar-refractivity contribution is 7.71. The fourth-order valence-electron chi connectivity index (χ4n) is 2.33. The van der Waals surface area contributed by atoms with Gasteiger partial charge in [-0.25, -0.2) is 0 Å². The lowest BCUT2D eigenvalue weighted by Crippen LogP contribution is -2.04. The second-order valence-electron chi connectivity index (χ2n) is 4.87. The third kappa shape index (κ3) is 2.56. The Morgan fingerprint density at radius 3 is 2.67 bits per heavy atom. The van der Waals surface area contributed by atoms with Gasteiger partial charge in [0, 0.05) is 16.6 Å². The number of hydrogen-bond acceptors (Lipinski definition) is 5. The summed E-state index contributed by atoms with van der Waals surface area (Å²) in [6.07, 6.45) is -3.57. The van der Waals surface area contributed by atoms with Crippen molar-refractivity contribution in [1.29, 1.82) is 0 Å². The maximum Gasteiger partial charge on any atom is 0.417 e. The molecule has 0 bridgehead atoms. The molecule has 122 valence electrons. The molecule has 0 spiro atoms. The largest absolute Gasteiger partial charge is 0.417 e. The van der Waals surface area contributed by atoms with E-state index >= 15 is 0 Å². The van der Waals surface area contributed by atoms with Crippen molar-refractivity contribution in [3.63, 3.8) is 0 Å². The predicted molar refractivity (Wildman–Crippen MR) is 90.7 cm³/mol. The number of nitrogens with one attached hydrogen (secondary N) is 2. The SMILES string of the molecule is FC(F)(F)c1cnc2c(-c3cccs3)c(-c3nc(=S)[nH][nH]3)sc2c1. The standard InChI is InChI=1S/C14H7F3N4S3/c15-14(16,17)6-4-8-10(18-5-6)9(7-2-1-3-23-7)11(24-8)12-19-13(22)21-20-12/h1-5H,(H2,19,20,21,22). The number of H-pyrrole nitrogens is 2. The summed E-state index contributed by atoms with van der Waals surface area (Å²) < 4.78 is 39.6. The fraction of sp³-hybridized carbons (Fsp3) is 0.0714. The zero-order chi connectivity index (χ0) is 16.9. The molecule has 0 amide bonds. The molecule has 0 fully saturated rings. The molecule has 0 aliphatic carbocycles. The summed E-state index contributed by atoms with van der Waals surface area (Å²) in [6.45, 7) is 0. The molecule has 10 heteroatoms. The first-order valence-corrected chi connectivity index (χ1v) is 8.72. The van der Waals surface area contributed by atoms with E-state index in [9.17, 15) is 13.2 Å². The van der Waals surface area contributed by atoms with Crippen LogP contribution in [0.1, 0.15) is 5.56 Å².